The van der Waals surface area contributed by atoms with E-state index in [-0.39, 0.29) is 11.6 Å². The Morgan fingerprint density at radius 1 is 1.40 bits per heavy atom. The second kappa shape index (κ2) is 5.53. The number of rotatable bonds is 3. The number of aromatic nitrogens is 3. The summed E-state index contributed by atoms with van der Waals surface area (Å²) in [5.41, 5.74) is 2.57. The lowest BCUT2D eigenvalue weighted by Gasteiger charge is -2.14. The first-order valence-corrected chi connectivity index (χ1v) is 6.23. The van der Waals surface area contributed by atoms with E-state index in [1.807, 2.05) is 37.3 Å². The van der Waals surface area contributed by atoms with Crippen LogP contribution in [0, 0.1) is 25.2 Å². The van der Waals surface area contributed by atoms with Gasteiger partial charge < -0.3 is 5.32 Å². The number of carbonyl (C=O) groups is 1. The Morgan fingerprint density at radius 3 is 2.70 bits per heavy atom. The summed E-state index contributed by atoms with van der Waals surface area (Å²) in [5.74, 6) is -0.197. The number of carbonyl (C=O) groups excluding carboxylic acids is 1. The molecule has 0 saturated carbocycles. The molecule has 0 aliphatic heterocycles. The van der Waals surface area contributed by atoms with Gasteiger partial charge in [0.2, 0.25) is 5.91 Å². The molecule has 0 saturated heterocycles. The quantitative estimate of drug-likeness (QED) is 0.923. The fourth-order valence-electron chi connectivity index (χ4n) is 1.87. The minimum atomic E-state index is -0.538. The molecule has 0 aliphatic carbocycles. The highest BCUT2D eigenvalue weighted by Gasteiger charge is 2.20. The highest BCUT2D eigenvalue weighted by Crippen LogP contribution is 2.17. The maximum atomic E-state index is 12.2. The van der Waals surface area contributed by atoms with Crippen LogP contribution in [0.4, 0.5) is 5.69 Å². The number of benzene rings is 1. The maximum Gasteiger partial charge on any atom is 0.249 e. The molecule has 0 fully saturated rings. The smallest absolute Gasteiger partial charge is 0.249 e. The molecule has 0 aliphatic rings. The second-order valence-electron chi connectivity index (χ2n) is 4.56. The molecule has 1 aromatic heterocycles. The van der Waals surface area contributed by atoms with Gasteiger partial charge in [-0.25, -0.2) is 4.68 Å². The summed E-state index contributed by atoms with van der Waals surface area (Å²) < 4.78 is 1.45. The normalized spacial score (nSPS) is 11.7. The molecule has 1 amide bonds. The minimum Gasteiger partial charge on any atom is -0.324 e. The Balaban J connectivity index is 2.19. The SMILES string of the molecule is Cc1ccccc1NC(=O)C(C)n1nnc(C#N)c1C. The first-order valence-electron chi connectivity index (χ1n) is 6.23. The molecule has 1 N–H and O–H groups in total. The molecule has 0 radical (unpaired) electrons. The largest absolute Gasteiger partial charge is 0.324 e. The van der Waals surface area contributed by atoms with E-state index in [1.54, 1.807) is 13.8 Å². The third-order valence-corrected chi connectivity index (χ3v) is 3.18. The fraction of sp³-hybridized carbons (Fsp3) is 0.286. The molecule has 1 aromatic carbocycles. The minimum absolute atomic E-state index is 0.197. The summed E-state index contributed by atoms with van der Waals surface area (Å²) in [7, 11) is 0. The summed E-state index contributed by atoms with van der Waals surface area (Å²) >= 11 is 0. The van der Waals surface area contributed by atoms with Crippen molar-refractivity contribution in [2.24, 2.45) is 0 Å². The monoisotopic (exact) mass is 269 g/mol. The molecular formula is C14H15N5O. The lowest BCUT2D eigenvalue weighted by atomic mass is 10.2. The molecule has 2 aromatic rings. The van der Waals surface area contributed by atoms with E-state index in [2.05, 4.69) is 15.6 Å². The lowest BCUT2D eigenvalue weighted by Crippen LogP contribution is -2.25. The molecule has 20 heavy (non-hydrogen) atoms. The van der Waals surface area contributed by atoms with E-state index in [1.165, 1.54) is 4.68 Å². The van der Waals surface area contributed by atoms with Crippen molar-refractivity contribution in [1.82, 2.24) is 15.0 Å². The number of nitriles is 1. The van der Waals surface area contributed by atoms with Crippen LogP contribution in [0.25, 0.3) is 0 Å². The van der Waals surface area contributed by atoms with Gasteiger partial charge in [-0.1, -0.05) is 23.4 Å². The molecule has 0 bridgehead atoms. The van der Waals surface area contributed by atoms with E-state index in [9.17, 15) is 4.79 Å². The van der Waals surface area contributed by atoms with Crippen molar-refractivity contribution in [3.8, 4) is 6.07 Å². The summed E-state index contributed by atoms with van der Waals surface area (Å²) in [4.78, 5) is 12.2. The molecule has 1 atom stereocenters. The Hall–Kier alpha value is -2.68. The molecule has 1 unspecified atom stereocenters. The molecule has 0 spiro atoms. The second-order valence-corrected chi connectivity index (χ2v) is 4.56. The number of anilines is 1. The van der Waals surface area contributed by atoms with Gasteiger partial charge in [-0.2, -0.15) is 5.26 Å². The Labute approximate surface area is 117 Å². The number of hydrogen-bond acceptors (Lipinski definition) is 4. The van der Waals surface area contributed by atoms with Gasteiger partial charge in [0.05, 0.1) is 5.69 Å². The molecule has 6 heteroatoms. The van der Waals surface area contributed by atoms with Crippen LogP contribution in [0.2, 0.25) is 0 Å². The first kappa shape index (κ1) is 13.7. The number of amides is 1. The average molecular weight is 269 g/mol. The number of hydrogen-bond donors (Lipinski definition) is 1. The van der Waals surface area contributed by atoms with E-state index in [0.717, 1.165) is 11.3 Å². The molecular weight excluding hydrogens is 254 g/mol. The van der Waals surface area contributed by atoms with E-state index >= 15 is 0 Å². The van der Waals surface area contributed by atoms with Gasteiger partial charge in [-0.3, -0.25) is 4.79 Å². The van der Waals surface area contributed by atoms with Crippen LogP contribution in [-0.4, -0.2) is 20.9 Å². The molecule has 6 nitrogen and oxygen atoms in total. The van der Waals surface area contributed by atoms with E-state index < -0.39 is 6.04 Å². The average Bonchev–Trinajstić information content (AvgIpc) is 2.81. The van der Waals surface area contributed by atoms with Gasteiger partial charge in [0, 0.05) is 5.69 Å². The van der Waals surface area contributed by atoms with Crippen LogP contribution < -0.4 is 5.32 Å². The lowest BCUT2D eigenvalue weighted by molar-refractivity contribution is -0.119. The fourth-order valence-corrected chi connectivity index (χ4v) is 1.87. The van der Waals surface area contributed by atoms with Crippen LogP contribution in [0.1, 0.15) is 29.9 Å². The van der Waals surface area contributed by atoms with Crippen molar-refractivity contribution in [1.29, 1.82) is 5.26 Å². The number of aryl methyl sites for hydroxylation is 1. The zero-order chi connectivity index (χ0) is 14.7. The van der Waals surface area contributed by atoms with Gasteiger partial charge in [-0.15, -0.1) is 5.10 Å². The van der Waals surface area contributed by atoms with Gasteiger partial charge in [0.25, 0.3) is 0 Å². The third kappa shape index (κ3) is 2.52. The van der Waals surface area contributed by atoms with Gasteiger partial charge in [-0.05, 0) is 32.4 Å². The summed E-state index contributed by atoms with van der Waals surface area (Å²) in [6, 6.07) is 8.95. The predicted molar refractivity (Wildman–Crippen MR) is 74.0 cm³/mol. The molecule has 2 rings (SSSR count). The van der Waals surface area contributed by atoms with Crippen molar-refractivity contribution in [2.45, 2.75) is 26.8 Å². The molecule has 102 valence electrons. The zero-order valence-corrected chi connectivity index (χ0v) is 11.6. The third-order valence-electron chi connectivity index (χ3n) is 3.18. The zero-order valence-electron chi connectivity index (χ0n) is 11.6. The van der Waals surface area contributed by atoms with Crippen LogP contribution >= 0.6 is 0 Å². The Bertz CT molecular complexity index is 683. The standard InChI is InChI=1S/C14H15N5O/c1-9-6-4-5-7-12(9)16-14(20)11(3)19-10(2)13(8-15)17-18-19/h4-7,11H,1-3H3,(H,16,20). The number of nitrogens with zero attached hydrogens (tertiary/aromatic N) is 4. The maximum absolute atomic E-state index is 12.2. The summed E-state index contributed by atoms with van der Waals surface area (Å²) in [6.45, 7) is 5.36. The number of nitrogens with one attached hydrogen (secondary N) is 1. The van der Waals surface area contributed by atoms with E-state index in [4.69, 9.17) is 5.26 Å². The van der Waals surface area contributed by atoms with Crippen molar-refractivity contribution in [3.05, 3.63) is 41.2 Å². The van der Waals surface area contributed by atoms with Crippen LogP contribution in [-0.2, 0) is 4.79 Å². The Morgan fingerprint density at radius 2 is 2.10 bits per heavy atom. The van der Waals surface area contributed by atoms with E-state index in [0.29, 0.717) is 5.69 Å². The first-order chi connectivity index (χ1) is 9.54. The van der Waals surface area contributed by atoms with Crippen molar-refractivity contribution in [3.63, 3.8) is 0 Å². The predicted octanol–water partition coefficient (Wildman–Crippen LogP) is 1.97. The Kier molecular flexibility index (Phi) is 3.80. The van der Waals surface area contributed by atoms with Gasteiger partial charge in [0.15, 0.2) is 5.69 Å². The van der Waals surface area contributed by atoms with Crippen molar-refractivity contribution < 1.29 is 4.79 Å². The highest BCUT2D eigenvalue weighted by atomic mass is 16.2. The summed E-state index contributed by atoms with van der Waals surface area (Å²) in [6.07, 6.45) is 0. The highest BCUT2D eigenvalue weighted by molar-refractivity contribution is 5.94. The van der Waals surface area contributed by atoms with Crippen LogP contribution in [0.15, 0.2) is 24.3 Å². The topological polar surface area (TPSA) is 83.6 Å². The van der Waals surface area contributed by atoms with Gasteiger partial charge >= 0.3 is 0 Å². The van der Waals surface area contributed by atoms with Crippen LogP contribution in [0.3, 0.4) is 0 Å². The van der Waals surface area contributed by atoms with Crippen molar-refractivity contribution in [2.75, 3.05) is 5.32 Å². The summed E-state index contributed by atoms with van der Waals surface area (Å²) in [5, 5.41) is 19.3. The number of para-hydroxylation sites is 1. The van der Waals surface area contributed by atoms with Crippen LogP contribution in [0.5, 0.6) is 0 Å². The van der Waals surface area contributed by atoms with Crippen molar-refractivity contribution >= 4 is 11.6 Å². The van der Waals surface area contributed by atoms with Gasteiger partial charge in [0.1, 0.15) is 12.1 Å². The molecule has 1 heterocycles.